The van der Waals surface area contributed by atoms with E-state index in [1.165, 1.54) is 19.4 Å². The van der Waals surface area contributed by atoms with Gasteiger partial charge in [-0.3, -0.25) is 0 Å². The molecule has 0 amide bonds. The maximum absolute atomic E-state index is 12.1. The number of ether oxygens (including phenoxy) is 9. The molecule has 0 spiro atoms. The van der Waals surface area contributed by atoms with Gasteiger partial charge in [-0.25, -0.2) is 0 Å². The lowest BCUT2D eigenvalue weighted by Gasteiger charge is -2.58. The second kappa shape index (κ2) is 21.8. The third-order valence-corrected chi connectivity index (χ3v) is 19.5. The molecule has 22 nitrogen and oxygen atoms in total. The van der Waals surface area contributed by atoms with Crippen molar-refractivity contribution in [2.75, 3.05) is 19.8 Å². The number of allylic oxidation sites excluding steroid dienone is 1. The Labute approximate surface area is 426 Å². The molecule has 4 aliphatic carbocycles. The lowest BCUT2D eigenvalue weighted by atomic mass is 9.47. The summed E-state index contributed by atoms with van der Waals surface area (Å²) < 4.78 is 54.6. The van der Waals surface area contributed by atoms with E-state index < -0.39 is 148 Å². The van der Waals surface area contributed by atoms with Crippen molar-refractivity contribution in [3.8, 4) is 0 Å². The Morgan fingerprint density at radius 3 is 1.86 bits per heavy atom. The van der Waals surface area contributed by atoms with E-state index in [9.17, 15) is 66.4 Å². The molecular weight excluding hydrogens is 965 g/mol. The Bertz CT molecular complexity index is 1900. The Kier molecular flexibility index (Phi) is 16.9. The van der Waals surface area contributed by atoms with Gasteiger partial charge >= 0.3 is 0 Å². The van der Waals surface area contributed by atoms with Crippen molar-refractivity contribution in [3.63, 3.8) is 0 Å². The number of rotatable bonds is 14. The highest BCUT2D eigenvalue weighted by atomic mass is 16.8. The maximum Gasteiger partial charge on any atom is 0.187 e. The standard InChI is InChI=1S/C51H84O22/c1-20(19-65-45-39(60)38(59)35(56)30(17-52)69-45)9-14-51(64)21(2)32-29(73-51)16-28-26-8-7-24-15-25(10-12-49(24,5)27(26)11-13-50(28,32)6)68-48-44(72-47-41(62)37(58)34(55)23(4)67-47)42(63)43(31(18-53)70-48)71-46-40(61)36(57)33(54)22(3)66-46/h7,20-23,25-48,52-64H,8-19H2,1-6H3/t20-,21+,22+,23+,25+,26-,27-,28-,29-,30-,31-,32+,33+,34+,35-,36-,37-,38+,39-,40-,41-,42+,43-,44-,45-,46+,47+,48-,49+,50+,51-/m1/s1. The Morgan fingerprint density at radius 1 is 0.644 bits per heavy atom. The highest BCUT2D eigenvalue weighted by molar-refractivity contribution is 5.26. The zero-order valence-corrected chi connectivity index (χ0v) is 42.7. The SMILES string of the molecule is C[C@H](CC[C@@]1(O)O[C@@H]2C[C@@H]3[C@@H]4CC=C5C[C@@H](O[C@@H]6O[C@H](CO)[C@@H](O[C@@H]7O[C@@H](C)[C@H](O)[C@@H](O)[C@H]7O)[C@H](O)[C@H]6O[C@@H]6O[C@@H](C)[C@H](O)[C@@H](O)[C@H]6O)CC[C@]5(C)[C@@H]4CC[C@]3(C)[C@H]2[C@@H]1C)CO[C@@H]1O[C@H](CO)[C@@H](O)[C@H](O)[C@H]1O. The average Bonchev–Trinajstić information content (AvgIpc) is 3.80. The normalized spacial score (nSPS) is 55.5. The van der Waals surface area contributed by atoms with E-state index in [-0.39, 0.29) is 41.3 Å². The summed E-state index contributed by atoms with van der Waals surface area (Å²) in [5.74, 6) is -0.232. The molecule has 8 fully saturated rings. The molecule has 13 N–H and O–H groups in total. The van der Waals surface area contributed by atoms with Crippen LogP contribution in [0.2, 0.25) is 0 Å². The van der Waals surface area contributed by atoms with Crippen LogP contribution in [0.5, 0.6) is 0 Å². The van der Waals surface area contributed by atoms with E-state index in [1.54, 1.807) is 0 Å². The van der Waals surface area contributed by atoms with Gasteiger partial charge in [0.15, 0.2) is 30.9 Å². The monoisotopic (exact) mass is 1050 g/mol. The van der Waals surface area contributed by atoms with Crippen molar-refractivity contribution >= 4 is 0 Å². The number of hydrogen-bond acceptors (Lipinski definition) is 22. The minimum Gasteiger partial charge on any atom is -0.394 e. The predicted octanol–water partition coefficient (Wildman–Crippen LogP) is -1.98. The van der Waals surface area contributed by atoms with Gasteiger partial charge in [-0.2, -0.15) is 0 Å². The summed E-state index contributed by atoms with van der Waals surface area (Å²) in [5, 5.41) is 139. The van der Waals surface area contributed by atoms with Crippen LogP contribution in [0.4, 0.5) is 0 Å². The van der Waals surface area contributed by atoms with Gasteiger partial charge in [-0.1, -0.05) is 39.3 Å². The number of fused-ring (bicyclic) bond motifs is 7. The first-order chi connectivity index (χ1) is 34.5. The first-order valence-electron chi connectivity index (χ1n) is 26.8. The number of hydrogen-bond donors (Lipinski definition) is 13. The fourth-order valence-electron chi connectivity index (χ4n) is 14.9. The molecule has 420 valence electrons. The van der Waals surface area contributed by atoms with Gasteiger partial charge in [0.25, 0.3) is 0 Å². The van der Waals surface area contributed by atoms with Crippen LogP contribution in [0.1, 0.15) is 99.3 Å². The summed E-state index contributed by atoms with van der Waals surface area (Å²) >= 11 is 0. The van der Waals surface area contributed by atoms with Gasteiger partial charge in [-0.05, 0) is 106 Å². The van der Waals surface area contributed by atoms with Gasteiger partial charge in [0.1, 0.15) is 85.5 Å². The van der Waals surface area contributed by atoms with Gasteiger partial charge < -0.3 is 109 Å². The second-order valence-corrected chi connectivity index (χ2v) is 23.8. The van der Waals surface area contributed by atoms with Crippen LogP contribution in [0, 0.1) is 46.3 Å². The largest absolute Gasteiger partial charge is 0.394 e. The highest BCUT2D eigenvalue weighted by Gasteiger charge is 2.68. The zero-order valence-electron chi connectivity index (χ0n) is 42.7. The Morgan fingerprint density at radius 2 is 1.23 bits per heavy atom. The lowest BCUT2D eigenvalue weighted by Crippen LogP contribution is -2.66. The average molecular weight is 1050 g/mol. The van der Waals surface area contributed by atoms with Crippen molar-refractivity contribution in [3.05, 3.63) is 11.6 Å². The third-order valence-electron chi connectivity index (χ3n) is 19.5. The van der Waals surface area contributed by atoms with E-state index in [4.69, 9.17) is 42.6 Å². The fraction of sp³-hybridized carbons (Fsp3) is 0.961. The van der Waals surface area contributed by atoms with Crippen LogP contribution in [0.15, 0.2) is 11.6 Å². The molecular formula is C51H84O22. The molecule has 22 heteroatoms. The summed E-state index contributed by atoms with van der Waals surface area (Å²) in [5.41, 5.74) is 1.07. The van der Waals surface area contributed by atoms with Crippen molar-refractivity contribution in [1.29, 1.82) is 0 Å². The van der Waals surface area contributed by atoms with Crippen LogP contribution in [-0.4, -0.2) is 227 Å². The van der Waals surface area contributed by atoms with Crippen LogP contribution in [0.3, 0.4) is 0 Å². The highest BCUT2D eigenvalue weighted by Crippen LogP contribution is 2.70. The Balaban J connectivity index is 0.846. The quantitative estimate of drug-likeness (QED) is 0.0839. The first-order valence-corrected chi connectivity index (χ1v) is 26.8. The molecule has 5 heterocycles. The van der Waals surface area contributed by atoms with Gasteiger partial charge in [0.05, 0.1) is 44.2 Å². The van der Waals surface area contributed by atoms with Crippen molar-refractivity contribution < 1.29 is 109 Å². The van der Waals surface area contributed by atoms with Crippen molar-refractivity contribution in [2.24, 2.45) is 46.3 Å². The molecule has 9 rings (SSSR count). The smallest absolute Gasteiger partial charge is 0.187 e. The molecule has 73 heavy (non-hydrogen) atoms. The van der Waals surface area contributed by atoms with E-state index in [2.05, 4.69) is 26.8 Å². The van der Waals surface area contributed by atoms with E-state index >= 15 is 0 Å². The fourth-order valence-corrected chi connectivity index (χ4v) is 14.9. The van der Waals surface area contributed by atoms with Crippen molar-refractivity contribution in [2.45, 2.75) is 240 Å². The number of aliphatic hydroxyl groups excluding tert-OH is 12. The molecule has 31 atom stereocenters. The van der Waals surface area contributed by atoms with Gasteiger partial charge in [0, 0.05) is 12.3 Å². The maximum atomic E-state index is 12.1. The van der Waals surface area contributed by atoms with Crippen LogP contribution < -0.4 is 0 Å². The second-order valence-electron chi connectivity index (χ2n) is 23.8. The number of aliphatic hydroxyl groups is 13. The summed E-state index contributed by atoms with van der Waals surface area (Å²) in [6.07, 6.45) is -20.5. The Hall–Kier alpha value is -1.14. The van der Waals surface area contributed by atoms with Gasteiger partial charge in [0.2, 0.25) is 0 Å². The van der Waals surface area contributed by atoms with Crippen LogP contribution >= 0.6 is 0 Å². The molecule has 5 aliphatic heterocycles. The molecule has 0 radical (unpaired) electrons. The molecule has 5 saturated heterocycles. The molecule has 0 aromatic carbocycles. The minimum absolute atomic E-state index is 0.0589. The molecule has 0 bridgehead atoms. The van der Waals surface area contributed by atoms with Crippen LogP contribution in [-0.2, 0) is 42.6 Å². The van der Waals surface area contributed by atoms with E-state index in [0.717, 1.165) is 32.1 Å². The van der Waals surface area contributed by atoms with Gasteiger partial charge in [-0.15, -0.1) is 0 Å². The van der Waals surface area contributed by atoms with Crippen LogP contribution in [0.25, 0.3) is 0 Å². The minimum atomic E-state index is -1.75. The molecule has 9 aliphatic rings. The summed E-state index contributed by atoms with van der Waals surface area (Å²) in [6, 6.07) is 0. The summed E-state index contributed by atoms with van der Waals surface area (Å²) in [6.45, 7) is 10.7. The predicted molar refractivity (Wildman–Crippen MR) is 249 cm³/mol. The lowest BCUT2D eigenvalue weighted by molar-refractivity contribution is -0.388. The summed E-state index contributed by atoms with van der Waals surface area (Å²) in [7, 11) is 0. The van der Waals surface area contributed by atoms with E-state index in [0.29, 0.717) is 43.4 Å². The third kappa shape index (κ3) is 10.2. The molecule has 3 saturated carbocycles. The zero-order chi connectivity index (χ0) is 52.8. The van der Waals surface area contributed by atoms with E-state index in [1.807, 2.05) is 6.92 Å². The van der Waals surface area contributed by atoms with Crippen molar-refractivity contribution in [1.82, 2.24) is 0 Å². The topological polar surface area (TPSA) is 346 Å². The first kappa shape index (κ1) is 56.6. The summed E-state index contributed by atoms with van der Waals surface area (Å²) in [4.78, 5) is 0. The molecule has 0 aromatic rings. The molecule has 0 aromatic heterocycles. The molecule has 0 unspecified atom stereocenters.